The van der Waals surface area contributed by atoms with Crippen LogP contribution in [0.25, 0.3) is 0 Å². The number of carbonyl (C=O) groups is 1. The largest absolute Gasteiger partial charge is 0.342 e. The fourth-order valence-electron chi connectivity index (χ4n) is 2.87. The van der Waals surface area contributed by atoms with Crippen molar-refractivity contribution in [3.63, 3.8) is 0 Å². The first-order valence-corrected chi connectivity index (χ1v) is 6.14. The summed E-state index contributed by atoms with van der Waals surface area (Å²) in [5, 5.41) is 3.37. The van der Waals surface area contributed by atoms with Gasteiger partial charge in [0.25, 0.3) is 0 Å². The Bertz CT molecular complexity index is 249. The molecule has 2 fully saturated rings. The fourth-order valence-corrected chi connectivity index (χ4v) is 2.87. The molecule has 2 heterocycles. The van der Waals surface area contributed by atoms with Gasteiger partial charge in [0.2, 0.25) is 5.91 Å². The SMILES string of the molecule is CC(C)CN1CCC2(CCCNC2)C1=O.Cl. The lowest BCUT2D eigenvalue weighted by Crippen LogP contribution is -2.46. The van der Waals surface area contributed by atoms with Crippen LogP contribution in [0.15, 0.2) is 0 Å². The lowest BCUT2D eigenvalue weighted by molar-refractivity contribution is -0.137. The number of nitrogens with zero attached hydrogens (tertiary/aromatic N) is 1. The van der Waals surface area contributed by atoms with Crippen LogP contribution < -0.4 is 5.32 Å². The van der Waals surface area contributed by atoms with Gasteiger partial charge < -0.3 is 10.2 Å². The summed E-state index contributed by atoms with van der Waals surface area (Å²) >= 11 is 0. The number of halogens is 1. The molecule has 94 valence electrons. The smallest absolute Gasteiger partial charge is 0.230 e. The number of nitrogens with one attached hydrogen (secondary N) is 1. The van der Waals surface area contributed by atoms with Crippen molar-refractivity contribution in [2.75, 3.05) is 26.2 Å². The lowest BCUT2D eigenvalue weighted by atomic mass is 9.79. The lowest BCUT2D eigenvalue weighted by Gasteiger charge is -2.32. The molecule has 0 aromatic heterocycles. The van der Waals surface area contributed by atoms with E-state index in [2.05, 4.69) is 24.1 Å². The summed E-state index contributed by atoms with van der Waals surface area (Å²) in [6.45, 7) is 8.24. The Morgan fingerprint density at radius 1 is 1.44 bits per heavy atom. The monoisotopic (exact) mass is 246 g/mol. The molecule has 1 spiro atoms. The Hall–Kier alpha value is -0.280. The van der Waals surface area contributed by atoms with E-state index in [9.17, 15) is 4.79 Å². The van der Waals surface area contributed by atoms with Gasteiger partial charge in [-0.2, -0.15) is 0 Å². The van der Waals surface area contributed by atoms with Crippen LogP contribution in [0.2, 0.25) is 0 Å². The zero-order valence-corrected chi connectivity index (χ0v) is 11.1. The van der Waals surface area contributed by atoms with E-state index >= 15 is 0 Å². The van der Waals surface area contributed by atoms with Gasteiger partial charge in [0, 0.05) is 19.6 Å². The van der Waals surface area contributed by atoms with Crippen LogP contribution >= 0.6 is 12.4 Å². The highest BCUT2D eigenvalue weighted by atomic mass is 35.5. The van der Waals surface area contributed by atoms with E-state index in [1.807, 2.05) is 0 Å². The van der Waals surface area contributed by atoms with E-state index in [1.54, 1.807) is 0 Å². The summed E-state index contributed by atoms with van der Waals surface area (Å²) in [6, 6.07) is 0. The summed E-state index contributed by atoms with van der Waals surface area (Å²) in [7, 11) is 0. The number of hydrogen-bond donors (Lipinski definition) is 1. The van der Waals surface area contributed by atoms with Crippen LogP contribution in [0, 0.1) is 11.3 Å². The Labute approximate surface area is 104 Å². The zero-order chi connectivity index (χ0) is 10.9. The van der Waals surface area contributed by atoms with Crippen molar-refractivity contribution in [2.45, 2.75) is 33.1 Å². The highest BCUT2D eigenvalue weighted by Crippen LogP contribution is 2.37. The number of hydrogen-bond acceptors (Lipinski definition) is 2. The van der Waals surface area contributed by atoms with Crippen LogP contribution in [0.1, 0.15) is 33.1 Å². The Morgan fingerprint density at radius 2 is 2.19 bits per heavy atom. The normalized spacial score (nSPS) is 29.9. The predicted octanol–water partition coefficient (Wildman–Crippen LogP) is 1.67. The molecule has 0 radical (unpaired) electrons. The minimum atomic E-state index is -0.0346. The number of piperidine rings is 1. The van der Waals surface area contributed by atoms with Gasteiger partial charge in [-0.3, -0.25) is 4.79 Å². The highest BCUT2D eigenvalue weighted by Gasteiger charge is 2.46. The van der Waals surface area contributed by atoms with Crippen LogP contribution in [-0.2, 0) is 4.79 Å². The molecule has 2 aliphatic heterocycles. The maximum atomic E-state index is 12.3. The van der Waals surface area contributed by atoms with Crippen molar-refractivity contribution < 1.29 is 4.79 Å². The molecule has 0 saturated carbocycles. The number of rotatable bonds is 2. The third-order valence-electron chi connectivity index (χ3n) is 3.66. The average Bonchev–Trinajstić information content (AvgIpc) is 2.48. The van der Waals surface area contributed by atoms with Crippen molar-refractivity contribution in [3.8, 4) is 0 Å². The van der Waals surface area contributed by atoms with E-state index in [4.69, 9.17) is 0 Å². The minimum Gasteiger partial charge on any atom is -0.342 e. The first-order valence-electron chi connectivity index (χ1n) is 6.14. The first-order chi connectivity index (χ1) is 7.14. The van der Waals surface area contributed by atoms with E-state index in [0.29, 0.717) is 11.8 Å². The van der Waals surface area contributed by atoms with Crippen molar-refractivity contribution >= 4 is 18.3 Å². The second-order valence-electron chi connectivity index (χ2n) is 5.46. The number of amides is 1. The molecule has 2 saturated heterocycles. The van der Waals surface area contributed by atoms with Crippen LogP contribution in [0.3, 0.4) is 0 Å². The van der Waals surface area contributed by atoms with Crippen LogP contribution in [0.5, 0.6) is 0 Å². The molecule has 1 amide bonds. The summed E-state index contributed by atoms with van der Waals surface area (Å²) < 4.78 is 0. The molecule has 3 nitrogen and oxygen atoms in total. The molecule has 1 N–H and O–H groups in total. The van der Waals surface area contributed by atoms with Gasteiger partial charge in [-0.15, -0.1) is 12.4 Å². The maximum absolute atomic E-state index is 12.3. The van der Waals surface area contributed by atoms with Gasteiger partial charge in [-0.1, -0.05) is 13.8 Å². The van der Waals surface area contributed by atoms with E-state index in [1.165, 1.54) is 0 Å². The third kappa shape index (κ3) is 2.51. The summed E-state index contributed by atoms with van der Waals surface area (Å²) in [6.07, 6.45) is 3.31. The van der Waals surface area contributed by atoms with E-state index < -0.39 is 0 Å². The highest BCUT2D eigenvalue weighted by molar-refractivity contribution is 5.85. The molecule has 0 aromatic rings. The van der Waals surface area contributed by atoms with E-state index in [-0.39, 0.29) is 17.8 Å². The fraction of sp³-hybridized carbons (Fsp3) is 0.917. The van der Waals surface area contributed by atoms with Crippen LogP contribution in [0.4, 0.5) is 0 Å². The second-order valence-corrected chi connectivity index (χ2v) is 5.46. The number of likely N-dealkylation sites (tertiary alicyclic amines) is 1. The molecule has 16 heavy (non-hydrogen) atoms. The standard InChI is InChI=1S/C12H22N2O.ClH/c1-10(2)8-14-7-5-12(11(14)15)4-3-6-13-9-12;/h10,13H,3-9H2,1-2H3;1H. The van der Waals surface area contributed by atoms with Crippen molar-refractivity contribution in [3.05, 3.63) is 0 Å². The minimum absolute atomic E-state index is 0. The summed E-state index contributed by atoms with van der Waals surface area (Å²) in [5.41, 5.74) is -0.0346. The van der Waals surface area contributed by atoms with Gasteiger partial charge in [0.05, 0.1) is 5.41 Å². The van der Waals surface area contributed by atoms with Crippen LogP contribution in [-0.4, -0.2) is 37.0 Å². The predicted molar refractivity (Wildman–Crippen MR) is 67.8 cm³/mol. The molecule has 2 rings (SSSR count). The quantitative estimate of drug-likeness (QED) is 0.804. The topological polar surface area (TPSA) is 32.3 Å². The Kier molecular flexibility index (Phi) is 4.62. The van der Waals surface area contributed by atoms with Gasteiger partial charge in [-0.05, 0) is 31.7 Å². The van der Waals surface area contributed by atoms with Crippen molar-refractivity contribution in [2.24, 2.45) is 11.3 Å². The molecular weight excluding hydrogens is 224 g/mol. The van der Waals surface area contributed by atoms with Gasteiger partial charge in [0.1, 0.15) is 0 Å². The van der Waals surface area contributed by atoms with Gasteiger partial charge in [-0.25, -0.2) is 0 Å². The maximum Gasteiger partial charge on any atom is 0.230 e. The molecule has 1 unspecified atom stereocenters. The van der Waals surface area contributed by atoms with Gasteiger partial charge in [0.15, 0.2) is 0 Å². The molecule has 4 heteroatoms. The number of carbonyl (C=O) groups excluding carboxylic acids is 1. The Morgan fingerprint density at radius 3 is 2.75 bits per heavy atom. The molecular formula is C12H23ClN2O. The summed E-state index contributed by atoms with van der Waals surface area (Å²) in [5.74, 6) is 0.990. The Balaban J connectivity index is 0.00000128. The third-order valence-corrected chi connectivity index (χ3v) is 3.66. The molecule has 0 bridgehead atoms. The van der Waals surface area contributed by atoms with E-state index in [0.717, 1.165) is 45.4 Å². The zero-order valence-electron chi connectivity index (χ0n) is 10.3. The molecule has 1 atom stereocenters. The van der Waals surface area contributed by atoms with Gasteiger partial charge >= 0.3 is 0 Å². The van der Waals surface area contributed by atoms with Crippen molar-refractivity contribution in [1.29, 1.82) is 0 Å². The molecule has 0 aliphatic carbocycles. The first kappa shape index (κ1) is 13.8. The average molecular weight is 247 g/mol. The second kappa shape index (κ2) is 5.37. The molecule has 0 aromatic carbocycles. The van der Waals surface area contributed by atoms with Crippen molar-refractivity contribution in [1.82, 2.24) is 10.2 Å². The molecule has 2 aliphatic rings. The summed E-state index contributed by atoms with van der Waals surface area (Å²) in [4.78, 5) is 14.4.